The smallest absolute Gasteiger partial charge is 0.0919 e. The fourth-order valence-corrected chi connectivity index (χ4v) is 9.63. The van der Waals surface area contributed by atoms with Gasteiger partial charge in [0.25, 0.3) is 0 Å². The third-order valence-corrected chi connectivity index (χ3v) is 14.0. The van der Waals surface area contributed by atoms with Gasteiger partial charge >= 0.3 is 18.9 Å². The molecule has 0 heterocycles. The van der Waals surface area contributed by atoms with Gasteiger partial charge in [-0.25, -0.2) is 0 Å². The molecule has 0 unspecified atom stereocenters. The van der Waals surface area contributed by atoms with Gasteiger partial charge in [0, 0.05) is 23.9 Å². The summed E-state index contributed by atoms with van der Waals surface area (Å²) in [6.07, 6.45) is 4.57. The van der Waals surface area contributed by atoms with Crippen LogP contribution in [-0.4, -0.2) is 10.7 Å². The van der Waals surface area contributed by atoms with Gasteiger partial charge in [-0.3, -0.25) is 0 Å². The Bertz CT molecular complexity index is 2340. The van der Waals surface area contributed by atoms with Crippen LogP contribution in [0.5, 0.6) is 0 Å². The maximum Gasteiger partial charge on any atom is 1.00 e. The minimum absolute atomic E-state index is 0. The average Bonchev–Trinajstić information content (AvgIpc) is 4.04. The molecule has 286 valence electrons. The molecule has 0 fully saturated rings. The van der Waals surface area contributed by atoms with E-state index in [1.807, 2.05) is 0 Å². The molecular weight excluding hydrogens is 839 g/mol. The summed E-state index contributed by atoms with van der Waals surface area (Å²) in [6, 6.07) is 70.5. The summed E-state index contributed by atoms with van der Waals surface area (Å²) < 4.78 is 0. The van der Waals surface area contributed by atoms with E-state index in [0.717, 1.165) is 23.5 Å². The summed E-state index contributed by atoms with van der Waals surface area (Å²) in [5, 5.41) is 2.10. The van der Waals surface area contributed by atoms with Crippen molar-refractivity contribution in [3.8, 4) is 44.5 Å². The molecule has 59 heavy (non-hydrogen) atoms. The molecule has 0 aromatic heterocycles. The largest absolute Gasteiger partial charge is 1.00 e. The number of hydrogen-bond donors (Lipinski definition) is 0. The van der Waals surface area contributed by atoms with Gasteiger partial charge in [0.15, 0.2) is 0 Å². The van der Waals surface area contributed by atoms with Crippen molar-refractivity contribution in [2.75, 3.05) is 10.7 Å². The minimum atomic E-state index is 0. The fourth-order valence-electron chi connectivity index (χ4n) is 9.63. The number of hydrogen-bond acceptors (Lipinski definition) is 0. The molecule has 4 aliphatic rings. The SMILES string of the molecule is BrCCBr.[HH].[Li+].c1ccc2c(c1)-c1ccccc1C2CCC1c2ccccc2-c2ccccc21.c1ccc2c(c1)Cc1ccccc1-2.c1ccc2c(c1)Cc1ccccc1-2. The Morgan fingerprint density at radius 1 is 0.305 bits per heavy atom. The minimum Gasteiger partial charge on any atom is -0.0919 e. The fraction of sp³-hybridized carbons (Fsp3) is 0.143. The monoisotopic (exact) mass is 885 g/mol. The van der Waals surface area contributed by atoms with Crippen LogP contribution in [0.4, 0.5) is 0 Å². The zero-order chi connectivity index (χ0) is 39.3. The predicted molar refractivity (Wildman–Crippen MR) is 256 cm³/mol. The number of fused-ring (bicyclic) bond motifs is 12. The molecule has 0 atom stereocenters. The van der Waals surface area contributed by atoms with Crippen LogP contribution in [-0.2, 0) is 12.8 Å². The molecule has 4 aliphatic carbocycles. The van der Waals surface area contributed by atoms with Crippen molar-refractivity contribution in [1.29, 1.82) is 0 Å². The first kappa shape index (κ1) is 41.1. The third-order valence-electron chi connectivity index (χ3n) is 12.2. The number of halogens is 2. The molecule has 0 N–H and O–H groups in total. The van der Waals surface area contributed by atoms with E-state index in [1.165, 1.54) is 102 Å². The van der Waals surface area contributed by atoms with E-state index >= 15 is 0 Å². The molecule has 0 aliphatic heterocycles. The van der Waals surface area contributed by atoms with Gasteiger partial charge in [0.1, 0.15) is 0 Å². The van der Waals surface area contributed by atoms with Crippen LogP contribution in [0, 0.1) is 0 Å². The molecule has 0 bridgehead atoms. The Morgan fingerprint density at radius 2 is 0.508 bits per heavy atom. The number of rotatable bonds is 4. The van der Waals surface area contributed by atoms with Crippen LogP contribution >= 0.6 is 31.9 Å². The molecule has 3 heteroatoms. The van der Waals surface area contributed by atoms with Gasteiger partial charge in [-0.1, -0.05) is 226 Å². The van der Waals surface area contributed by atoms with Gasteiger partial charge < -0.3 is 0 Å². The van der Waals surface area contributed by atoms with Crippen molar-refractivity contribution in [2.24, 2.45) is 0 Å². The Hall–Kier alpha value is -4.68. The third kappa shape index (κ3) is 8.40. The van der Waals surface area contributed by atoms with Crippen molar-refractivity contribution in [1.82, 2.24) is 0 Å². The maximum atomic E-state index is 3.20. The van der Waals surface area contributed by atoms with Crippen LogP contribution in [0.3, 0.4) is 0 Å². The van der Waals surface area contributed by atoms with Crippen molar-refractivity contribution in [3.63, 3.8) is 0 Å². The van der Waals surface area contributed by atoms with E-state index in [4.69, 9.17) is 0 Å². The van der Waals surface area contributed by atoms with E-state index in [1.54, 1.807) is 0 Å². The number of alkyl halides is 2. The molecular formula is C56H48Br2Li+. The first-order chi connectivity index (χ1) is 28.7. The van der Waals surface area contributed by atoms with E-state index in [-0.39, 0.29) is 20.3 Å². The molecule has 12 rings (SSSR count). The second-order valence-electron chi connectivity index (χ2n) is 15.4. The quantitative estimate of drug-likeness (QED) is 0.122. The van der Waals surface area contributed by atoms with Crippen LogP contribution in [0.25, 0.3) is 44.5 Å². The van der Waals surface area contributed by atoms with Crippen molar-refractivity contribution < 1.29 is 20.3 Å². The molecule has 0 radical (unpaired) electrons. The normalized spacial score (nSPS) is 12.8. The summed E-state index contributed by atoms with van der Waals surface area (Å²) in [6.45, 7) is 0. The van der Waals surface area contributed by atoms with Gasteiger partial charge in [-0.15, -0.1) is 0 Å². The van der Waals surface area contributed by atoms with Gasteiger partial charge in [-0.2, -0.15) is 0 Å². The number of benzene rings is 8. The van der Waals surface area contributed by atoms with E-state index < -0.39 is 0 Å². The van der Waals surface area contributed by atoms with Crippen LogP contribution < -0.4 is 18.9 Å². The molecule has 0 nitrogen and oxygen atoms in total. The summed E-state index contributed by atoms with van der Waals surface area (Å²) in [5.74, 6) is 1.01. The van der Waals surface area contributed by atoms with Gasteiger partial charge in [0.2, 0.25) is 0 Å². The van der Waals surface area contributed by atoms with Crippen LogP contribution in [0.2, 0.25) is 0 Å². The van der Waals surface area contributed by atoms with E-state index in [0.29, 0.717) is 11.8 Å². The second-order valence-corrected chi connectivity index (χ2v) is 17.0. The zero-order valence-electron chi connectivity index (χ0n) is 33.6. The van der Waals surface area contributed by atoms with E-state index in [9.17, 15) is 0 Å². The standard InChI is InChI=1S/C28H22.2C13H10.C2H4Br2.Li.H2/c1-5-13-23-19(9-1)20-10-2-6-14-24(20)27(23)17-18-28-25-15-7-3-11-21(25)22-12-4-8-16-26(22)28;2*1-3-7-12-10(5-1)9-11-6-2-4-8-13(11)12;3-1-2-4;;/h1-16,27-28H,17-18H2;2*1-8H,9H2;1-2H2;;1H/q;;;;+1;. The summed E-state index contributed by atoms with van der Waals surface area (Å²) in [5.41, 5.74) is 23.2. The molecule has 0 saturated heterocycles. The Balaban J connectivity index is 0.000000142. The van der Waals surface area contributed by atoms with E-state index in [2.05, 4.69) is 226 Å². The average molecular weight is 888 g/mol. The topological polar surface area (TPSA) is 0 Å². The summed E-state index contributed by atoms with van der Waals surface area (Å²) in [4.78, 5) is 0. The molecule has 0 saturated carbocycles. The second kappa shape index (κ2) is 19.1. The Morgan fingerprint density at radius 3 is 0.746 bits per heavy atom. The van der Waals surface area contributed by atoms with Crippen molar-refractivity contribution >= 4 is 31.9 Å². The predicted octanol–water partition coefficient (Wildman–Crippen LogP) is 12.9. The molecule has 0 amide bonds. The molecule has 0 spiro atoms. The zero-order valence-corrected chi connectivity index (χ0v) is 36.8. The first-order valence-electron chi connectivity index (χ1n) is 20.5. The molecule has 8 aromatic rings. The van der Waals surface area contributed by atoms with Crippen molar-refractivity contribution in [2.45, 2.75) is 37.5 Å². The Labute approximate surface area is 380 Å². The van der Waals surface area contributed by atoms with Crippen molar-refractivity contribution in [3.05, 3.63) is 239 Å². The summed E-state index contributed by atoms with van der Waals surface area (Å²) in [7, 11) is 0. The van der Waals surface area contributed by atoms with Crippen LogP contribution in [0.15, 0.2) is 194 Å². The van der Waals surface area contributed by atoms with Gasteiger partial charge in [-0.05, 0) is 115 Å². The summed E-state index contributed by atoms with van der Waals surface area (Å²) >= 11 is 6.40. The van der Waals surface area contributed by atoms with Gasteiger partial charge in [0.05, 0.1) is 0 Å². The maximum absolute atomic E-state index is 3.20. The first-order valence-corrected chi connectivity index (χ1v) is 22.8. The molecule has 8 aromatic carbocycles. The Kier molecular flexibility index (Phi) is 13.3. The van der Waals surface area contributed by atoms with Crippen LogP contribution in [0.1, 0.15) is 70.6 Å².